The molecule has 0 saturated carbocycles. The van der Waals surface area contributed by atoms with E-state index in [4.69, 9.17) is 16.3 Å². The van der Waals surface area contributed by atoms with E-state index in [1.807, 2.05) is 36.4 Å². The summed E-state index contributed by atoms with van der Waals surface area (Å²) in [6.07, 6.45) is 0. The lowest BCUT2D eigenvalue weighted by molar-refractivity contribution is -0.118. The molecular formula is C17H16ClN3O2S. The highest BCUT2D eigenvalue weighted by molar-refractivity contribution is 7.99. The van der Waals surface area contributed by atoms with Crippen LogP contribution in [0, 0.1) is 0 Å². The number of aromatic amines is 1. The van der Waals surface area contributed by atoms with Crippen LogP contribution in [-0.2, 0) is 11.3 Å². The number of fused-ring (bicyclic) bond motifs is 1. The van der Waals surface area contributed by atoms with Gasteiger partial charge < -0.3 is 15.0 Å². The maximum absolute atomic E-state index is 12.0. The Balaban J connectivity index is 1.54. The maximum Gasteiger partial charge on any atom is 0.230 e. The Hall–Kier alpha value is -2.18. The predicted molar refractivity (Wildman–Crippen MR) is 96.7 cm³/mol. The fourth-order valence-electron chi connectivity index (χ4n) is 2.19. The fourth-order valence-corrected chi connectivity index (χ4v) is 3.12. The van der Waals surface area contributed by atoms with Gasteiger partial charge in [-0.1, -0.05) is 35.5 Å². The second kappa shape index (κ2) is 7.59. The Morgan fingerprint density at radius 3 is 3.00 bits per heavy atom. The molecule has 5 nitrogen and oxygen atoms in total. The first-order chi connectivity index (χ1) is 11.6. The highest BCUT2D eigenvalue weighted by atomic mass is 35.5. The molecule has 3 rings (SSSR count). The number of halogens is 1. The normalized spacial score (nSPS) is 10.8. The molecule has 0 bridgehead atoms. The van der Waals surface area contributed by atoms with E-state index in [0.29, 0.717) is 16.7 Å². The van der Waals surface area contributed by atoms with Crippen LogP contribution < -0.4 is 10.1 Å². The molecule has 0 unspecified atom stereocenters. The zero-order chi connectivity index (χ0) is 16.9. The Morgan fingerprint density at radius 1 is 1.33 bits per heavy atom. The third-order valence-corrected chi connectivity index (χ3v) is 4.49. The molecule has 2 aromatic carbocycles. The Morgan fingerprint density at radius 2 is 2.21 bits per heavy atom. The summed E-state index contributed by atoms with van der Waals surface area (Å²) in [4.78, 5) is 19.6. The van der Waals surface area contributed by atoms with Crippen LogP contribution in [0.3, 0.4) is 0 Å². The lowest BCUT2D eigenvalue weighted by Gasteiger charge is -2.04. The number of hydrogen-bond donors (Lipinski definition) is 2. The summed E-state index contributed by atoms with van der Waals surface area (Å²) in [7, 11) is 1.62. The van der Waals surface area contributed by atoms with Crippen LogP contribution in [0.1, 0.15) is 5.56 Å². The summed E-state index contributed by atoms with van der Waals surface area (Å²) >= 11 is 7.28. The van der Waals surface area contributed by atoms with Crippen molar-refractivity contribution < 1.29 is 9.53 Å². The van der Waals surface area contributed by atoms with E-state index in [1.54, 1.807) is 13.2 Å². The standard InChI is InChI=1S/C17H16ClN3O2S/c1-23-13-5-6-14-15(8-13)21-17(20-14)24-10-16(22)19-9-11-3-2-4-12(18)7-11/h2-8H,9-10H2,1H3,(H,19,22)(H,20,21). The largest absolute Gasteiger partial charge is 0.497 e. The molecule has 2 N–H and O–H groups in total. The molecule has 0 aliphatic carbocycles. The molecule has 1 amide bonds. The van der Waals surface area contributed by atoms with Crippen LogP contribution in [0.25, 0.3) is 11.0 Å². The lowest BCUT2D eigenvalue weighted by Crippen LogP contribution is -2.24. The molecule has 3 aromatic rings. The van der Waals surface area contributed by atoms with E-state index in [0.717, 1.165) is 22.3 Å². The number of amides is 1. The minimum atomic E-state index is -0.0574. The van der Waals surface area contributed by atoms with Crippen LogP contribution >= 0.6 is 23.4 Å². The van der Waals surface area contributed by atoms with E-state index >= 15 is 0 Å². The van der Waals surface area contributed by atoms with Crippen molar-refractivity contribution in [1.29, 1.82) is 0 Å². The van der Waals surface area contributed by atoms with Crippen molar-refractivity contribution in [2.45, 2.75) is 11.7 Å². The molecule has 0 saturated heterocycles. The number of carbonyl (C=O) groups is 1. The summed E-state index contributed by atoms with van der Waals surface area (Å²) in [6.45, 7) is 0.456. The summed E-state index contributed by atoms with van der Waals surface area (Å²) in [5, 5.41) is 4.23. The number of H-pyrrole nitrogens is 1. The quantitative estimate of drug-likeness (QED) is 0.658. The first kappa shape index (κ1) is 16.7. The van der Waals surface area contributed by atoms with Gasteiger partial charge in [0.15, 0.2) is 5.16 Å². The van der Waals surface area contributed by atoms with Gasteiger partial charge in [0, 0.05) is 17.6 Å². The molecule has 0 radical (unpaired) electrons. The van der Waals surface area contributed by atoms with Gasteiger partial charge in [-0.05, 0) is 29.8 Å². The minimum absolute atomic E-state index is 0.0574. The molecule has 124 valence electrons. The summed E-state index contributed by atoms with van der Waals surface area (Å²) in [5.74, 6) is 0.998. The van der Waals surface area contributed by atoms with Crippen molar-refractivity contribution >= 4 is 40.3 Å². The predicted octanol–water partition coefficient (Wildman–Crippen LogP) is 3.63. The summed E-state index contributed by atoms with van der Waals surface area (Å²) in [6, 6.07) is 13.0. The Kier molecular flexibility index (Phi) is 5.27. The number of ether oxygens (including phenoxy) is 1. The van der Waals surface area contributed by atoms with Gasteiger partial charge in [0.1, 0.15) is 5.75 Å². The monoisotopic (exact) mass is 361 g/mol. The molecular weight excluding hydrogens is 346 g/mol. The van der Waals surface area contributed by atoms with Gasteiger partial charge in [-0.2, -0.15) is 0 Å². The van der Waals surface area contributed by atoms with Gasteiger partial charge in [0.05, 0.1) is 23.9 Å². The average Bonchev–Trinajstić information content (AvgIpc) is 3.00. The first-order valence-electron chi connectivity index (χ1n) is 7.32. The van der Waals surface area contributed by atoms with E-state index in [-0.39, 0.29) is 11.7 Å². The van der Waals surface area contributed by atoms with Gasteiger partial charge >= 0.3 is 0 Å². The van der Waals surface area contributed by atoms with Crippen LogP contribution in [0.5, 0.6) is 5.75 Å². The van der Waals surface area contributed by atoms with Crippen molar-refractivity contribution in [3.8, 4) is 5.75 Å². The third kappa shape index (κ3) is 4.21. The van der Waals surface area contributed by atoms with E-state index in [2.05, 4.69) is 15.3 Å². The number of carbonyl (C=O) groups excluding carboxylic acids is 1. The third-order valence-electron chi connectivity index (χ3n) is 3.39. The molecule has 1 heterocycles. The summed E-state index contributed by atoms with van der Waals surface area (Å²) in [5.41, 5.74) is 2.70. The van der Waals surface area contributed by atoms with Crippen molar-refractivity contribution in [2.24, 2.45) is 0 Å². The second-order valence-electron chi connectivity index (χ2n) is 5.12. The van der Waals surface area contributed by atoms with Crippen molar-refractivity contribution in [1.82, 2.24) is 15.3 Å². The van der Waals surface area contributed by atoms with Gasteiger partial charge in [0.2, 0.25) is 5.91 Å². The number of rotatable bonds is 6. The van der Waals surface area contributed by atoms with E-state index in [1.165, 1.54) is 11.8 Å². The minimum Gasteiger partial charge on any atom is -0.497 e. The van der Waals surface area contributed by atoms with Gasteiger partial charge in [-0.25, -0.2) is 4.98 Å². The highest BCUT2D eigenvalue weighted by Crippen LogP contribution is 2.23. The summed E-state index contributed by atoms with van der Waals surface area (Å²) < 4.78 is 5.18. The molecule has 0 aliphatic heterocycles. The SMILES string of the molecule is COc1ccc2nc(SCC(=O)NCc3cccc(Cl)c3)[nH]c2c1. The van der Waals surface area contributed by atoms with Crippen LogP contribution in [0.2, 0.25) is 5.02 Å². The van der Waals surface area contributed by atoms with Gasteiger partial charge in [-0.15, -0.1) is 0 Å². The molecule has 0 fully saturated rings. The lowest BCUT2D eigenvalue weighted by atomic mass is 10.2. The van der Waals surface area contributed by atoms with Gasteiger partial charge in [0.25, 0.3) is 0 Å². The van der Waals surface area contributed by atoms with Crippen molar-refractivity contribution in [3.05, 3.63) is 53.1 Å². The highest BCUT2D eigenvalue weighted by Gasteiger charge is 2.08. The van der Waals surface area contributed by atoms with E-state index in [9.17, 15) is 4.79 Å². The molecule has 24 heavy (non-hydrogen) atoms. The Bertz CT molecular complexity index is 866. The maximum atomic E-state index is 12.0. The number of nitrogens with one attached hydrogen (secondary N) is 2. The average molecular weight is 362 g/mol. The Labute approximate surface area is 148 Å². The molecule has 0 spiro atoms. The number of hydrogen-bond acceptors (Lipinski definition) is 4. The zero-order valence-corrected chi connectivity index (χ0v) is 14.6. The first-order valence-corrected chi connectivity index (χ1v) is 8.68. The van der Waals surface area contributed by atoms with Crippen molar-refractivity contribution in [3.63, 3.8) is 0 Å². The second-order valence-corrected chi connectivity index (χ2v) is 6.52. The number of thioether (sulfide) groups is 1. The van der Waals surface area contributed by atoms with Gasteiger partial charge in [-0.3, -0.25) is 4.79 Å². The molecule has 1 aromatic heterocycles. The van der Waals surface area contributed by atoms with E-state index < -0.39 is 0 Å². The van der Waals surface area contributed by atoms with Crippen molar-refractivity contribution in [2.75, 3.05) is 12.9 Å². The van der Waals surface area contributed by atoms with Crippen LogP contribution in [0.4, 0.5) is 0 Å². The zero-order valence-electron chi connectivity index (χ0n) is 13.0. The smallest absolute Gasteiger partial charge is 0.230 e. The fraction of sp³-hybridized carbons (Fsp3) is 0.176. The van der Waals surface area contributed by atoms with Crippen LogP contribution in [0.15, 0.2) is 47.6 Å². The number of benzene rings is 2. The number of imidazole rings is 1. The molecule has 0 aliphatic rings. The number of nitrogens with zero attached hydrogens (tertiary/aromatic N) is 1. The van der Waals surface area contributed by atoms with Crippen LogP contribution in [-0.4, -0.2) is 28.7 Å². The number of methoxy groups -OCH3 is 1. The molecule has 7 heteroatoms. The number of aromatic nitrogens is 2. The topological polar surface area (TPSA) is 67.0 Å². The molecule has 0 atom stereocenters.